The summed E-state index contributed by atoms with van der Waals surface area (Å²) in [6.45, 7) is 1.61. The molecule has 2 rings (SSSR count). The van der Waals surface area contributed by atoms with Gasteiger partial charge in [-0.1, -0.05) is 23.3 Å². The molecule has 84 valence electrons. The van der Waals surface area contributed by atoms with E-state index < -0.39 is 0 Å². The van der Waals surface area contributed by atoms with Crippen molar-refractivity contribution < 1.29 is 5.11 Å². The summed E-state index contributed by atoms with van der Waals surface area (Å²) in [5, 5.41) is 13.1. The summed E-state index contributed by atoms with van der Waals surface area (Å²) < 4.78 is 0. The highest BCUT2D eigenvalue weighted by molar-refractivity contribution is 5.66. The molecule has 1 aromatic rings. The molecule has 5 heteroatoms. The second-order valence-electron chi connectivity index (χ2n) is 3.90. The predicted octanol–water partition coefficient (Wildman–Crippen LogP) is 2.59. The quantitative estimate of drug-likeness (QED) is 0.470. The summed E-state index contributed by atoms with van der Waals surface area (Å²) in [7, 11) is 0. The molecule has 0 aliphatic carbocycles. The van der Waals surface area contributed by atoms with E-state index in [1.807, 2.05) is 18.2 Å². The highest BCUT2D eigenvalue weighted by atomic mass is 16.3. The fraction of sp³-hybridized carbons (Fsp3) is 0.455. The number of nitrogens with zero attached hydrogens (tertiary/aromatic N) is 4. The smallest absolute Gasteiger partial charge is 0.0609 e. The van der Waals surface area contributed by atoms with Gasteiger partial charge in [-0.2, -0.15) is 0 Å². The van der Waals surface area contributed by atoms with Crippen LogP contribution >= 0.6 is 0 Å². The van der Waals surface area contributed by atoms with E-state index in [4.69, 9.17) is 5.53 Å². The lowest BCUT2D eigenvalue weighted by Gasteiger charge is -2.32. The van der Waals surface area contributed by atoms with Crippen molar-refractivity contribution in [2.24, 2.45) is 5.11 Å². The molecule has 0 spiro atoms. The van der Waals surface area contributed by atoms with E-state index in [9.17, 15) is 5.11 Å². The maximum absolute atomic E-state index is 9.44. The number of piperidine rings is 1. The first-order valence-corrected chi connectivity index (χ1v) is 5.38. The molecule has 1 aliphatic rings. The summed E-state index contributed by atoms with van der Waals surface area (Å²) in [5.41, 5.74) is 10.1. The average Bonchev–Trinajstić information content (AvgIpc) is 2.32. The Bertz CT molecular complexity index is 406. The van der Waals surface area contributed by atoms with Crippen LogP contribution < -0.4 is 4.90 Å². The second-order valence-corrected chi connectivity index (χ2v) is 3.90. The van der Waals surface area contributed by atoms with E-state index >= 15 is 0 Å². The molecule has 1 aromatic carbocycles. The largest absolute Gasteiger partial charge is 0.393 e. The standard InChI is InChI=1S/C11H14N4O/c12-14-13-10-3-1-2-4-11(10)15-7-5-9(16)6-8-15/h1-4,9,16H,5-8H2. The van der Waals surface area contributed by atoms with Crippen molar-refractivity contribution in [2.45, 2.75) is 18.9 Å². The fourth-order valence-corrected chi connectivity index (χ4v) is 1.97. The highest BCUT2D eigenvalue weighted by Gasteiger charge is 2.18. The van der Waals surface area contributed by atoms with Gasteiger partial charge in [-0.25, -0.2) is 0 Å². The predicted molar refractivity (Wildman–Crippen MR) is 62.7 cm³/mol. The third kappa shape index (κ3) is 2.27. The summed E-state index contributed by atoms with van der Waals surface area (Å²) in [6, 6.07) is 7.53. The van der Waals surface area contributed by atoms with Gasteiger partial charge in [-0.3, -0.25) is 0 Å². The zero-order valence-electron chi connectivity index (χ0n) is 8.95. The zero-order chi connectivity index (χ0) is 11.4. The Hall–Kier alpha value is -1.71. The molecule has 1 N–H and O–H groups in total. The summed E-state index contributed by atoms with van der Waals surface area (Å²) in [5.74, 6) is 0. The SMILES string of the molecule is [N-]=[N+]=Nc1ccccc1N1CCC(O)CC1. The van der Waals surface area contributed by atoms with E-state index in [0.29, 0.717) is 5.69 Å². The lowest BCUT2D eigenvalue weighted by Crippen LogP contribution is -2.35. The van der Waals surface area contributed by atoms with Gasteiger partial charge in [-0.15, -0.1) is 0 Å². The lowest BCUT2D eigenvalue weighted by molar-refractivity contribution is 0.145. The Morgan fingerprint density at radius 1 is 1.31 bits per heavy atom. The van der Waals surface area contributed by atoms with Gasteiger partial charge in [0.15, 0.2) is 0 Å². The highest BCUT2D eigenvalue weighted by Crippen LogP contribution is 2.30. The van der Waals surface area contributed by atoms with Crippen molar-refractivity contribution in [1.29, 1.82) is 0 Å². The van der Waals surface area contributed by atoms with Crippen LogP contribution in [0.25, 0.3) is 10.4 Å². The summed E-state index contributed by atoms with van der Waals surface area (Å²) in [4.78, 5) is 4.97. The lowest BCUT2D eigenvalue weighted by atomic mass is 10.1. The van der Waals surface area contributed by atoms with Gasteiger partial charge in [0.1, 0.15) is 0 Å². The van der Waals surface area contributed by atoms with Crippen molar-refractivity contribution in [3.8, 4) is 0 Å². The topological polar surface area (TPSA) is 72.2 Å². The van der Waals surface area contributed by atoms with E-state index in [0.717, 1.165) is 31.6 Å². The van der Waals surface area contributed by atoms with Crippen LogP contribution in [0.5, 0.6) is 0 Å². The Balaban J connectivity index is 2.22. The van der Waals surface area contributed by atoms with E-state index in [1.165, 1.54) is 0 Å². The molecule has 0 saturated carbocycles. The Morgan fingerprint density at radius 3 is 2.69 bits per heavy atom. The molecule has 1 heterocycles. The summed E-state index contributed by atoms with van der Waals surface area (Å²) >= 11 is 0. The first kappa shape index (κ1) is 10.8. The van der Waals surface area contributed by atoms with Crippen molar-refractivity contribution in [3.63, 3.8) is 0 Å². The van der Waals surface area contributed by atoms with Gasteiger partial charge in [0.25, 0.3) is 0 Å². The molecule has 1 aliphatic heterocycles. The molecular formula is C11H14N4O. The Kier molecular flexibility index (Phi) is 3.29. The van der Waals surface area contributed by atoms with E-state index in [1.54, 1.807) is 6.07 Å². The van der Waals surface area contributed by atoms with Crippen molar-refractivity contribution in [2.75, 3.05) is 18.0 Å². The molecule has 1 fully saturated rings. The van der Waals surface area contributed by atoms with Gasteiger partial charge in [0, 0.05) is 23.7 Å². The number of hydrogen-bond acceptors (Lipinski definition) is 3. The normalized spacial score (nSPS) is 16.9. The Morgan fingerprint density at radius 2 is 2.00 bits per heavy atom. The number of hydrogen-bond donors (Lipinski definition) is 1. The molecule has 0 amide bonds. The fourth-order valence-electron chi connectivity index (χ4n) is 1.97. The maximum Gasteiger partial charge on any atom is 0.0609 e. The third-order valence-electron chi connectivity index (χ3n) is 2.84. The van der Waals surface area contributed by atoms with Crippen LogP contribution in [0.1, 0.15) is 12.8 Å². The van der Waals surface area contributed by atoms with Crippen LogP contribution in [0.3, 0.4) is 0 Å². The number of aliphatic hydroxyl groups is 1. The van der Waals surface area contributed by atoms with Crippen molar-refractivity contribution >= 4 is 11.4 Å². The maximum atomic E-state index is 9.44. The molecular weight excluding hydrogens is 204 g/mol. The average molecular weight is 218 g/mol. The van der Waals surface area contributed by atoms with Gasteiger partial charge in [0.05, 0.1) is 11.8 Å². The molecule has 0 aromatic heterocycles. The number of rotatable bonds is 2. The van der Waals surface area contributed by atoms with Crippen LogP contribution in [0, 0.1) is 0 Å². The van der Waals surface area contributed by atoms with Gasteiger partial charge >= 0.3 is 0 Å². The number of benzene rings is 1. The van der Waals surface area contributed by atoms with Crippen molar-refractivity contribution in [1.82, 2.24) is 0 Å². The van der Waals surface area contributed by atoms with E-state index in [2.05, 4.69) is 14.9 Å². The number of aliphatic hydroxyl groups excluding tert-OH is 1. The number of anilines is 1. The van der Waals surface area contributed by atoms with Crippen molar-refractivity contribution in [3.05, 3.63) is 34.7 Å². The van der Waals surface area contributed by atoms with Gasteiger partial charge < -0.3 is 10.0 Å². The first-order chi connectivity index (χ1) is 7.81. The summed E-state index contributed by atoms with van der Waals surface area (Å²) in [6.07, 6.45) is 1.35. The van der Waals surface area contributed by atoms with Gasteiger partial charge in [0.2, 0.25) is 0 Å². The monoisotopic (exact) mass is 218 g/mol. The number of para-hydroxylation sites is 1. The molecule has 5 nitrogen and oxygen atoms in total. The van der Waals surface area contributed by atoms with Crippen LogP contribution in [0.15, 0.2) is 29.4 Å². The number of azide groups is 1. The molecule has 0 radical (unpaired) electrons. The first-order valence-electron chi connectivity index (χ1n) is 5.38. The molecule has 16 heavy (non-hydrogen) atoms. The van der Waals surface area contributed by atoms with Crippen LogP contribution in [0.4, 0.5) is 11.4 Å². The zero-order valence-corrected chi connectivity index (χ0v) is 8.95. The molecule has 0 unspecified atom stereocenters. The van der Waals surface area contributed by atoms with Gasteiger partial charge in [-0.05, 0) is 24.4 Å². The molecule has 0 bridgehead atoms. The second kappa shape index (κ2) is 4.88. The van der Waals surface area contributed by atoms with Crippen LogP contribution in [-0.2, 0) is 0 Å². The minimum atomic E-state index is -0.192. The molecule has 0 atom stereocenters. The Labute approximate surface area is 93.9 Å². The third-order valence-corrected chi connectivity index (χ3v) is 2.84. The van der Waals surface area contributed by atoms with Crippen LogP contribution in [-0.4, -0.2) is 24.3 Å². The minimum Gasteiger partial charge on any atom is -0.393 e. The van der Waals surface area contributed by atoms with E-state index in [-0.39, 0.29) is 6.10 Å². The van der Waals surface area contributed by atoms with Crippen LogP contribution in [0.2, 0.25) is 0 Å². The molecule has 1 saturated heterocycles. The minimum absolute atomic E-state index is 0.192.